The molecule has 0 aliphatic carbocycles. The molecule has 1 atom stereocenters. The molecule has 0 amide bonds. The Bertz CT molecular complexity index is 875. The van der Waals surface area contributed by atoms with Crippen molar-refractivity contribution in [3.05, 3.63) is 23.9 Å². The molecule has 1 aromatic rings. The zero-order valence-corrected chi connectivity index (χ0v) is 20.3. The summed E-state index contributed by atoms with van der Waals surface area (Å²) in [6.45, 7) is 5.68. The fraction of sp³-hybridized carbons (Fsp3) is 0.762. The predicted octanol–water partition coefficient (Wildman–Crippen LogP) is 2.44. The fourth-order valence-electron chi connectivity index (χ4n) is 4.93. The first-order valence-electron chi connectivity index (χ1n) is 11.4. The SMILES string of the molecule is Cl.O=S(=O)(C1CCN(CCC2CCNCC2)C1)N1CCN(c2cc(C(F)(F)F)ccn2)CC1. The number of rotatable bonds is 6. The van der Waals surface area contributed by atoms with E-state index in [1.165, 1.54) is 17.1 Å². The minimum absolute atomic E-state index is 0. The predicted molar refractivity (Wildman–Crippen MR) is 124 cm³/mol. The van der Waals surface area contributed by atoms with E-state index in [1.54, 1.807) is 4.90 Å². The number of pyridine rings is 1. The molecule has 12 heteroatoms. The largest absolute Gasteiger partial charge is 0.416 e. The summed E-state index contributed by atoms with van der Waals surface area (Å²) in [5, 5.41) is 2.98. The molecule has 4 rings (SSSR count). The Morgan fingerprint density at radius 2 is 1.76 bits per heavy atom. The smallest absolute Gasteiger partial charge is 0.354 e. The van der Waals surface area contributed by atoms with Gasteiger partial charge in [0.1, 0.15) is 5.82 Å². The van der Waals surface area contributed by atoms with E-state index in [4.69, 9.17) is 0 Å². The highest BCUT2D eigenvalue weighted by Crippen LogP contribution is 2.31. The minimum Gasteiger partial charge on any atom is -0.354 e. The van der Waals surface area contributed by atoms with Gasteiger partial charge in [0.25, 0.3) is 0 Å². The molecule has 33 heavy (non-hydrogen) atoms. The van der Waals surface area contributed by atoms with Crippen molar-refractivity contribution in [3.8, 4) is 0 Å². The van der Waals surface area contributed by atoms with Gasteiger partial charge in [-0.2, -0.15) is 17.5 Å². The van der Waals surface area contributed by atoms with Gasteiger partial charge in [-0.05, 0) is 69.9 Å². The van der Waals surface area contributed by atoms with E-state index in [0.717, 1.165) is 56.8 Å². The third-order valence-corrected chi connectivity index (χ3v) is 9.27. The van der Waals surface area contributed by atoms with Crippen LogP contribution in [0, 0.1) is 5.92 Å². The number of halogens is 4. The van der Waals surface area contributed by atoms with Gasteiger partial charge in [-0.3, -0.25) is 0 Å². The Hall–Kier alpha value is -1.14. The molecule has 3 aliphatic rings. The number of nitrogens with zero attached hydrogens (tertiary/aromatic N) is 4. The monoisotopic (exact) mass is 511 g/mol. The van der Waals surface area contributed by atoms with Crippen LogP contribution in [0.1, 0.15) is 31.2 Å². The summed E-state index contributed by atoms with van der Waals surface area (Å²) in [5.74, 6) is 0.964. The molecule has 1 unspecified atom stereocenters. The lowest BCUT2D eigenvalue weighted by atomic mass is 9.94. The number of aromatic nitrogens is 1. The van der Waals surface area contributed by atoms with Gasteiger partial charge in [-0.15, -0.1) is 12.4 Å². The third kappa shape index (κ3) is 6.50. The van der Waals surface area contributed by atoms with Crippen molar-refractivity contribution in [3.63, 3.8) is 0 Å². The number of piperidine rings is 1. The first kappa shape index (κ1) is 26.5. The second kappa shape index (κ2) is 11.1. The van der Waals surface area contributed by atoms with Crippen molar-refractivity contribution in [1.82, 2.24) is 19.5 Å². The standard InChI is InChI=1S/C21H32F3N5O2S.ClH/c22-21(23,24)18-3-8-26-20(15-18)28-11-13-29(14-12-28)32(30,31)19-5-10-27(16-19)9-4-17-1-6-25-7-2-17;/h3,8,15,17,19,25H,1-2,4-7,9-14,16H2;1H. The van der Waals surface area contributed by atoms with Crippen LogP contribution in [0.5, 0.6) is 0 Å². The zero-order chi connectivity index (χ0) is 22.8. The Kier molecular flexibility index (Phi) is 8.88. The van der Waals surface area contributed by atoms with E-state index in [1.807, 2.05) is 0 Å². The number of hydrogen-bond acceptors (Lipinski definition) is 6. The van der Waals surface area contributed by atoms with Gasteiger partial charge in [0.2, 0.25) is 10.0 Å². The quantitative estimate of drug-likeness (QED) is 0.633. The van der Waals surface area contributed by atoms with Gasteiger partial charge in [0.15, 0.2) is 0 Å². The Labute approximate surface area is 200 Å². The number of alkyl halides is 3. The Morgan fingerprint density at radius 1 is 1.06 bits per heavy atom. The van der Waals surface area contributed by atoms with Crippen LogP contribution in [-0.4, -0.2) is 86.8 Å². The number of anilines is 1. The van der Waals surface area contributed by atoms with Crippen LogP contribution in [0.3, 0.4) is 0 Å². The van der Waals surface area contributed by atoms with Crippen molar-refractivity contribution < 1.29 is 21.6 Å². The van der Waals surface area contributed by atoms with Crippen LogP contribution >= 0.6 is 12.4 Å². The first-order valence-corrected chi connectivity index (χ1v) is 12.9. The summed E-state index contributed by atoms with van der Waals surface area (Å²) in [6, 6.07) is 1.97. The van der Waals surface area contributed by atoms with E-state index in [-0.39, 0.29) is 31.3 Å². The van der Waals surface area contributed by atoms with Crippen molar-refractivity contribution in [1.29, 1.82) is 0 Å². The molecule has 1 N–H and O–H groups in total. The van der Waals surface area contributed by atoms with E-state index in [2.05, 4.69) is 15.2 Å². The van der Waals surface area contributed by atoms with Gasteiger partial charge in [-0.1, -0.05) is 0 Å². The van der Waals surface area contributed by atoms with Crippen LogP contribution in [0.4, 0.5) is 19.0 Å². The lowest BCUT2D eigenvalue weighted by molar-refractivity contribution is -0.137. The number of sulfonamides is 1. The van der Waals surface area contributed by atoms with Crippen molar-refractivity contribution in [2.24, 2.45) is 5.92 Å². The number of hydrogen-bond donors (Lipinski definition) is 1. The van der Waals surface area contributed by atoms with Gasteiger partial charge in [0.05, 0.1) is 10.8 Å². The Balaban J connectivity index is 0.00000306. The minimum atomic E-state index is -4.43. The summed E-state index contributed by atoms with van der Waals surface area (Å²) >= 11 is 0. The van der Waals surface area contributed by atoms with Crippen LogP contribution in [0.2, 0.25) is 0 Å². The highest BCUT2D eigenvalue weighted by Gasteiger charge is 2.39. The summed E-state index contributed by atoms with van der Waals surface area (Å²) in [5.41, 5.74) is -0.743. The number of piperazine rings is 1. The maximum absolute atomic E-state index is 13.2. The van der Waals surface area contributed by atoms with Gasteiger partial charge in [0, 0.05) is 38.9 Å². The molecule has 0 aromatic carbocycles. The average Bonchev–Trinajstić information content (AvgIpc) is 3.28. The molecular formula is C21H33ClF3N5O2S. The lowest BCUT2D eigenvalue weighted by Crippen LogP contribution is -2.51. The molecule has 1 aromatic heterocycles. The van der Waals surface area contributed by atoms with Crippen molar-refractivity contribution >= 4 is 28.2 Å². The normalized spacial score (nSPS) is 24.1. The summed E-state index contributed by atoms with van der Waals surface area (Å²) in [4.78, 5) is 8.05. The second-order valence-corrected chi connectivity index (χ2v) is 11.2. The lowest BCUT2D eigenvalue weighted by Gasteiger charge is -2.36. The molecule has 4 heterocycles. The molecule has 0 bridgehead atoms. The summed E-state index contributed by atoms with van der Waals surface area (Å²) < 4.78 is 66.8. The van der Waals surface area contributed by atoms with Crippen LogP contribution in [0.25, 0.3) is 0 Å². The van der Waals surface area contributed by atoms with Crippen molar-refractivity contribution in [2.75, 3.05) is 63.8 Å². The van der Waals surface area contributed by atoms with Crippen LogP contribution in [0.15, 0.2) is 18.3 Å². The summed E-state index contributed by atoms with van der Waals surface area (Å²) in [6.07, 6.45) is 0.880. The maximum Gasteiger partial charge on any atom is 0.416 e. The first-order chi connectivity index (χ1) is 15.2. The molecule has 188 valence electrons. The number of likely N-dealkylation sites (tertiary alicyclic amines) is 1. The molecule has 3 saturated heterocycles. The topological polar surface area (TPSA) is 68.8 Å². The molecule has 0 saturated carbocycles. The highest BCUT2D eigenvalue weighted by molar-refractivity contribution is 7.89. The van der Waals surface area contributed by atoms with Gasteiger partial charge >= 0.3 is 6.18 Å². The molecule has 7 nitrogen and oxygen atoms in total. The van der Waals surface area contributed by atoms with E-state index >= 15 is 0 Å². The van der Waals surface area contributed by atoms with E-state index in [0.29, 0.717) is 26.1 Å². The number of nitrogens with one attached hydrogen (secondary N) is 1. The molecule has 3 fully saturated rings. The fourth-order valence-corrected chi connectivity index (χ4v) is 6.83. The molecular weight excluding hydrogens is 479 g/mol. The molecule has 0 spiro atoms. The third-order valence-electron chi connectivity index (χ3n) is 6.96. The highest BCUT2D eigenvalue weighted by atomic mass is 35.5. The molecule has 0 radical (unpaired) electrons. The second-order valence-electron chi connectivity index (χ2n) is 9.02. The van der Waals surface area contributed by atoms with Crippen molar-refractivity contribution in [2.45, 2.75) is 37.1 Å². The molecule has 3 aliphatic heterocycles. The van der Waals surface area contributed by atoms with E-state index < -0.39 is 27.0 Å². The Morgan fingerprint density at radius 3 is 2.42 bits per heavy atom. The van der Waals surface area contributed by atoms with Gasteiger partial charge in [-0.25, -0.2) is 13.4 Å². The summed E-state index contributed by atoms with van der Waals surface area (Å²) in [7, 11) is -3.42. The van der Waals surface area contributed by atoms with Gasteiger partial charge < -0.3 is 15.1 Å². The zero-order valence-electron chi connectivity index (χ0n) is 18.6. The maximum atomic E-state index is 13.2. The average molecular weight is 512 g/mol. The van der Waals surface area contributed by atoms with Crippen LogP contribution < -0.4 is 10.2 Å². The van der Waals surface area contributed by atoms with Crippen LogP contribution in [-0.2, 0) is 16.2 Å². The van der Waals surface area contributed by atoms with E-state index in [9.17, 15) is 21.6 Å².